The molecule has 1 aliphatic heterocycles. The molecular formula is C26H25N3O2. The highest BCUT2D eigenvalue weighted by Gasteiger charge is 2.34. The number of amidine groups is 1. The van der Waals surface area contributed by atoms with Crippen LogP contribution in [0.1, 0.15) is 49.4 Å². The predicted molar refractivity (Wildman–Crippen MR) is 121 cm³/mol. The monoisotopic (exact) mass is 411 g/mol. The number of amides is 2. The number of hydrogen-bond acceptors (Lipinski definition) is 3. The van der Waals surface area contributed by atoms with Crippen LogP contribution in [0, 0.1) is 5.41 Å². The number of carbonyl (C=O) groups is 2. The zero-order valence-electron chi connectivity index (χ0n) is 17.3. The summed E-state index contributed by atoms with van der Waals surface area (Å²) in [5, 5.41) is 7.45. The van der Waals surface area contributed by atoms with Gasteiger partial charge in [0, 0.05) is 12.1 Å². The van der Waals surface area contributed by atoms with E-state index in [2.05, 4.69) is 24.3 Å². The van der Waals surface area contributed by atoms with Crippen molar-refractivity contribution in [2.45, 2.75) is 25.7 Å². The normalized spacial score (nSPS) is 12.8. The minimum Gasteiger partial charge on any atom is -0.384 e. The quantitative estimate of drug-likeness (QED) is 0.334. The summed E-state index contributed by atoms with van der Waals surface area (Å²) in [7, 11) is 0. The van der Waals surface area contributed by atoms with Gasteiger partial charge in [0.25, 0.3) is 11.8 Å². The second-order valence-corrected chi connectivity index (χ2v) is 7.84. The fourth-order valence-corrected chi connectivity index (χ4v) is 3.90. The molecule has 0 saturated heterocycles. The first-order valence-electron chi connectivity index (χ1n) is 10.5. The van der Waals surface area contributed by atoms with Crippen molar-refractivity contribution in [1.29, 1.82) is 5.41 Å². The molecule has 4 rings (SSSR count). The average molecular weight is 412 g/mol. The average Bonchev–Trinajstić information content (AvgIpc) is 3.04. The van der Waals surface area contributed by atoms with Gasteiger partial charge in [-0.1, -0.05) is 60.7 Å². The number of nitrogens with two attached hydrogens (primary N) is 1. The molecule has 0 fully saturated rings. The van der Waals surface area contributed by atoms with Crippen LogP contribution in [0.4, 0.5) is 0 Å². The van der Waals surface area contributed by atoms with Gasteiger partial charge >= 0.3 is 0 Å². The lowest BCUT2D eigenvalue weighted by Gasteiger charge is -2.13. The van der Waals surface area contributed by atoms with Crippen molar-refractivity contribution in [2.24, 2.45) is 5.73 Å². The van der Waals surface area contributed by atoms with E-state index in [1.807, 2.05) is 24.3 Å². The lowest BCUT2D eigenvalue weighted by molar-refractivity contribution is 0.0652. The Balaban J connectivity index is 1.26. The Morgan fingerprint density at radius 3 is 1.65 bits per heavy atom. The fraction of sp³-hybridized carbons (Fsp3) is 0.192. The fourth-order valence-electron chi connectivity index (χ4n) is 3.90. The Morgan fingerprint density at radius 1 is 0.710 bits per heavy atom. The second-order valence-electron chi connectivity index (χ2n) is 7.84. The first-order valence-corrected chi connectivity index (χ1v) is 10.5. The summed E-state index contributed by atoms with van der Waals surface area (Å²) in [6.45, 7) is 0.435. The maximum absolute atomic E-state index is 12.4. The Labute approximate surface area is 182 Å². The van der Waals surface area contributed by atoms with Gasteiger partial charge in [0.15, 0.2) is 0 Å². The van der Waals surface area contributed by atoms with Gasteiger partial charge in [-0.05, 0) is 54.5 Å². The minimum atomic E-state index is -0.188. The number of rotatable bonds is 8. The van der Waals surface area contributed by atoms with Crippen LogP contribution in [-0.4, -0.2) is 29.1 Å². The molecule has 0 bridgehead atoms. The van der Waals surface area contributed by atoms with Crippen molar-refractivity contribution in [3.63, 3.8) is 0 Å². The summed E-state index contributed by atoms with van der Waals surface area (Å²) in [5.74, 6) is -0.287. The summed E-state index contributed by atoms with van der Waals surface area (Å²) < 4.78 is 0. The van der Waals surface area contributed by atoms with Crippen molar-refractivity contribution in [3.05, 3.63) is 106 Å². The van der Waals surface area contributed by atoms with E-state index in [9.17, 15) is 9.59 Å². The molecule has 3 aromatic rings. The third-order valence-corrected chi connectivity index (χ3v) is 5.72. The molecular weight excluding hydrogens is 386 g/mol. The number of nitrogens with zero attached hydrogens (tertiary/aromatic N) is 1. The zero-order chi connectivity index (χ0) is 21.8. The number of imide groups is 1. The molecule has 0 spiro atoms. The Morgan fingerprint density at radius 2 is 1.16 bits per heavy atom. The molecule has 1 aliphatic rings. The maximum atomic E-state index is 12.4. The highest BCUT2D eigenvalue weighted by Crippen LogP contribution is 2.22. The maximum Gasteiger partial charge on any atom is 0.261 e. The molecule has 5 nitrogen and oxygen atoms in total. The van der Waals surface area contributed by atoms with E-state index in [1.54, 1.807) is 24.3 Å². The van der Waals surface area contributed by atoms with Crippen LogP contribution in [0.2, 0.25) is 0 Å². The van der Waals surface area contributed by atoms with E-state index in [4.69, 9.17) is 11.1 Å². The molecule has 5 heteroatoms. The highest BCUT2D eigenvalue weighted by molar-refractivity contribution is 6.21. The molecule has 0 radical (unpaired) electrons. The van der Waals surface area contributed by atoms with Gasteiger partial charge in [0.1, 0.15) is 5.84 Å². The first kappa shape index (κ1) is 20.5. The van der Waals surface area contributed by atoms with E-state index in [1.165, 1.54) is 21.6 Å². The standard InChI is InChI=1S/C26H25N3O2/c27-24(28)21-15-13-20(14-16-21)12-11-19-9-7-18(8-10-19)4-3-17-29-25(30)22-5-1-2-6-23(22)26(29)31/h1-2,5-10,13-16H,3-4,11-12,17H2,(H3,27,28). The van der Waals surface area contributed by atoms with E-state index in [0.29, 0.717) is 17.7 Å². The predicted octanol–water partition coefficient (Wildman–Crippen LogP) is 3.98. The number of hydrogen-bond donors (Lipinski definition) is 2. The Kier molecular flexibility index (Phi) is 5.94. The van der Waals surface area contributed by atoms with Crippen LogP contribution in [-0.2, 0) is 19.3 Å². The molecule has 0 saturated carbocycles. The van der Waals surface area contributed by atoms with Crippen molar-refractivity contribution < 1.29 is 9.59 Å². The Hall–Kier alpha value is -3.73. The van der Waals surface area contributed by atoms with Crippen LogP contribution in [0.15, 0.2) is 72.8 Å². The first-order chi connectivity index (χ1) is 15.0. The third kappa shape index (κ3) is 4.56. The SMILES string of the molecule is N=C(N)c1ccc(CCc2ccc(CCCN3C(=O)c4ccccc4C3=O)cc2)cc1. The van der Waals surface area contributed by atoms with Gasteiger partial charge in [-0.3, -0.25) is 19.9 Å². The smallest absolute Gasteiger partial charge is 0.261 e. The lowest BCUT2D eigenvalue weighted by atomic mass is 10.0. The van der Waals surface area contributed by atoms with E-state index in [-0.39, 0.29) is 17.6 Å². The number of aryl methyl sites for hydroxylation is 3. The number of fused-ring (bicyclic) bond motifs is 1. The topological polar surface area (TPSA) is 87.2 Å². The van der Waals surface area contributed by atoms with Gasteiger partial charge in [0.2, 0.25) is 0 Å². The van der Waals surface area contributed by atoms with Gasteiger partial charge in [-0.15, -0.1) is 0 Å². The minimum absolute atomic E-state index is 0.0881. The second kappa shape index (κ2) is 8.96. The largest absolute Gasteiger partial charge is 0.384 e. The molecule has 0 unspecified atom stereocenters. The molecule has 31 heavy (non-hydrogen) atoms. The Bertz CT molecular complexity index is 1080. The molecule has 156 valence electrons. The van der Waals surface area contributed by atoms with E-state index in [0.717, 1.165) is 31.2 Å². The van der Waals surface area contributed by atoms with Crippen LogP contribution >= 0.6 is 0 Å². The lowest BCUT2D eigenvalue weighted by Crippen LogP contribution is -2.30. The van der Waals surface area contributed by atoms with E-state index >= 15 is 0 Å². The van der Waals surface area contributed by atoms with E-state index < -0.39 is 0 Å². The van der Waals surface area contributed by atoms with Crippen molar-refractivity contribution in [2.75, 3.05) is 6.54 Å². The van der Waals surface area contributed by atoms with Crippen molar-refractivity contribution in [1.82, 2.24) is 4.90 Å². The zero-order valence-corrected chi connectivity index (χ0v) is 17.3. The summed E-state index contributed by atoms with van der Waals surface area (Å²) in [5.41, 5.74) is 10.9. The van der Waals surface area contributed by atoms with Crippen molar-refractivity contribution >= 4 is 17.6 Å². The molecule has 0 aromatic heterocycles. The molecule has 2 amide bonds. The van der Waals surface area contributed by atoms with Gasteiger partial charge < -0.3 is 5.73 Å². The van der Waals surface area contributed by atoms with Crippen molar-refractivity contribution in [3.8, 4) is 0 Å². The number of nitrogens with one attached hydrogen (secondary N) is 1. The third-order valence-electron chi connectivity index (χ3n) is 5.72. The summed E-state index contributed by atoms with van der Waals surface area (Å²) in [6, 6.07) is 23.3. The number of carbonyl (C=O) groups excluding carboxylic acids is 2. The van der Waals surface area contributed by atoms with Crippen LogP contribution in [0.3, 0.4) is 0 Å². The summed E-state index contributed by atoms with van der Waals surface area (Å²) in [6.07, 6.45) is 3.43. The molecule has 3 N–H and O–H groups in total. The molecule has 3 aromatic carbocycles. The number of benzene rings is 3. The van der Waals surface area contributed by atoms with Crippen LogP contribution in [0.5, 0.6) is 0 Å². The van der Waals surface area contributed by atoms with Gasteiger partial charge in [0.05, 0.1) is 11.1 Å². The molecule has 0 atom stereocenters. The van der Waals surface area contributed by atoms with Gasteiger partial charge in [-0.25, -0.2) is 0 Å². The summed E-state index contributed by atoms with van der Waals surface area (Å²) in [4.78, 5) is 26.2. The summed E-state index contributed by atoms with van der Waals surface area (Å²) >= 11 is 0. The van der Waals surface area contributed by atoms with Crippen LogP contribution in [0.25, 0.3) is 0 Å². The van der Waals surface area contributed by atoms with Gasteiger partial charge in [-0.2, -0.15) is 0 Å². The molecule has 0 aliphatic carbocycles. The van der Waals surface area contributed by atoms with Crippen LogP contribution < -0.4 is 5.73 Å². The highest BCUT2D eigenvalue weighted by atomic mass is 16.2. The molecule has 1 heterocycles. The number of nitrogen functional groups attached to an aromatic ring is 1.